The number of phenolic OH excluding ortho intramolecular Hbond substituents is 1. The number of rotatable bonds is 8. The van der Waals surface area contributed by atoms with E-state index < -0.39 is 6.04 Å². The van der Waals surface area contributed by atoms with Crippen molar-refractivity contribution in [3.05, 3.63) is 77.4 Å². The minimum Gasteiger partial charge on any atom is -0.504 e. The molecule has 1 aromatic heterocycles. The van der Waals surface area contributed by atoms with E-state index in [9.17, 15) is 14.7 Å². The average Bonchev–Trinajstić information content (AvgIpc) is 3.36. The Morgan fingerprint density at radius 3 is 2.55 bits per heavy atom. The van der Waals surface area contributed by atoms with Crippen molar-refractivity contribution >= 4 is 28.5 Å². The third kappa shape index (κ3) is 5.64. The molecule has 0 saturated heterocycles. The highest BCUT2D eigenvalue weighted by Crippen LogP contribution is 2.35. The van der Waals surface area contributed by atoms with Crippen LogP contribution >= 0.6 is 0 Å². The number of phenols is 1. The van der Waals surface area contributed by atoms with Crippen molar-refractivity contribution in [1.29, 1.82) is 0 Å². The van der Waals surface area contributed by atoms with E-state index in [1.165, 1.54) is 18.1 Å². The highest BCUT2D eigenvalue weighted by Gasteiger charge is 2.35. The van der Waals surface area contributed by atoms with Gasteiger partial charge in [0.1, 0.15) is 18.1 Å². The van der Waals surface area contributed by atoms with Gasteiger partial charge in [0.25, 0.3) is 0 Å². The third-order valence-corrected chi connectivity index (χ3v) is 7.72. The lowest BCUT2D eigenvalue weighted by Crippen LogP contribution is -2.48. The zero-order valence-corrected chi connectivity index (χ0v) is 23.1. The van der Waals surface area contributed by atoms with Crippen molar-refractivity contribution in [2.75, 3.05) is 12.0 Å². The number of methoxy groups -OCH3 is 1. The number of amides is 2. The van der Waals surface area contributed by atoms with Gasteiger partial charge in [-0.25, -0.2) is 4.68 Å². The topological polar surface area (TPSA) is 110 Å². The van der Waals surface area contributed by atoms with E-state index >= 15 is 0 Å². The van der Waals surface area contributed by atoms with Gasteiger partial charge in [0.2, 0.25) is 11.8 Å². The van der Waals surface area contributed by atoms with E-state index in [2.05, 4.69) is 15.6 Å². The van der Waals surface area contributed by atoms with Gasteiger partial charge >= 0.3 is 0 Å². The van der Waals surface area contributed by atoms with Crippen LogP contribution in [0.3, 0.4) is 0 Å². The Morgan fingerprint density at radius 1 is 1.05 bits per heavy atom. The fourth-order valence-electron chi connectivity index (χ4n) is 5.37. The molecule has 0 bridgehead atoms. The van der Waals surface area contributed by atoms with Gasteiger partial charge in [0, 0.05) is 11.7 Å². The predicted octanol–water partition coefficient (Wildman–Crippen LogP) is 4.99. The molecule has 3 aromatic carbocycles. The summed E-state index contributed by atoms with van der Waals surface area (Å²) < 4.78 is 6.79. The van der Waals surface area contributed by atoms with Crippen molar-refractivity contribution in [1.82, 2.24) is 20.3 Å². The Morgan fingerprint density at radius 2 is 1.82 bits per heavy atom. The van der Waals surface area contributed by atoms with E-state index in [0.717, 1.165) is 48.7 Å². The van der Waals surface area contributed by atoms with E-state index in [0.29, 0.717) is 16.8 Å². The number of ether oxygens (including phenoxy) is 1. The SMILES string of the molecule is COc1ccc([C@H](C(=O)NC2CCCCC2)N(C(=O)Cn2nnc3ccccc32)c2ccc(C)c(C)c2)cc1O. The van der Waals surface area contributed by atoms with Crippen LogP contribution in [0.5, 0.6) is 11.5 Å². The summed E-state index contributed by atoms with van der Waals surface area (Å²) >= 11 is 0. The van der Waals surface area contributed by atoms with Crippen LogP contribution in [-0.4, -0.2) is 45.1 Å². The number of aromatic hydroxyl groups is 1. The van der Waals surface area contributed by atoms with Gasteiger partial charge in [-0.2, -0.15) is 0 Å². The fraction of sp³-hybridized carbons (Fsp3) is 0.355. The van der Waals surface area contributed by atoms with Crippen molar-refractivity contribution in [3.63, 3.8) is 0 Å². The predicted molar refractivity (Wildman–Crippen MR) is 153 cm³/mol. The first-order valence-corrected chi connectivity index (χ1v) is 13.7. The van der Waals surface area contributed by atoms with Crippen LogP contribution in [-0.2, 0) is 16.1 Å². The maximum atomic E-state index is 14.2. The number of anilines is 1. The number of carbonyl (C=O) groups excluding carboxylic acids is 2. The van der Waals surface area contributed by atoms with Gasteiger partial charge in [0.05, 0.1) is 12.6 Å². The van der Waals surface area contributed by atoms with Crippen LogP contribution < -0.4 is 15.0 Å². The molecule has 208 valence electrons. The number of hydrogen-bond acceptors (Lipinski definition) is 6. The molecule has 9 heteroatoms. The molecule has 0 spiro atoms. The molecule has 5 rings (SSSR count). The first-order chi connectivity index (χ1) is 19.4. The van der Waals surface area contributed by atoms with Crippen molar-refractivity contribution < 1.29 is 19.4 Å². The summed E-state index contributed by atoms with van der Waals surface area (Å²) in [5, 5.41) is 22.3. The highest BCUT2D eigenvalue weighted by atomic mass is 16.5. The normalized spacial score (nSPS) is 14.6. The molecule has 1 aliphatic carbocycles. The minimum absolute atomic E-state index is 0.0339. The molecular weight excluding hydrogens is 506 g/mol. The number of fused-ring (bicyclic) bond motifs is 1. The van der Waals surface area contributed by atoms with Crippen LogP contribution in [0.2, 0.25) is 0 Å². The minimum atomic E-state index is -1.04. The summed E-state index contributed by atoms with van der Waals surface area (Å²) in [6.45, 7) is 3.85. The Kier molecular flexibility index (Phi) is 8.00. The molecule has 1 fully saturated rings. The molecule has 40 heavy (non-hydrogen) atoms. The van der Waals surface area contributed by atoms with Crippen LogP contribution in [0.4, 0.5) is 5.69 Å². The van der Waals surface area contributed by atoms with E-state index in [4.69, 9.17) is 4.74 Å². The summed E-state index contributed by atoms with van der Waals surface area (Å²) in [6, 6.07) is 17.0. The van der Waals surface area contributed by atoms with Gasteiger partial charge in [-0.05, 0) is 79.8 Å². The molecule has 1 heterocycles. The Labute approximate surface area is 233 Å². The second-order valence-electron chi connectivity index (χ2n) is 10.4. The first-order valence-electron chi connectivity index (χ1n) is 13.7. The number of aryl methyl sites for hydroxylation is 2. The van der Waals surface area contributed by atoms with Crippen molar-refractivity contribution in [2.24, 2.45) is 0 Å². The zero-order chi connectivity index (χ0) is 28.2. The number of nitrogens with one attached hydrogen (secondary N) is 1. The number of para-hydroxylation sites is 1. The Balaban J connectivity index is 1.60. The van der Waals surface area contributed by atoms with Crippen LogP contribution in [0.1, 0.15) is 54.8 Å². The van der Waals surface area contributed by atoms with E-state index in [1.54, 1.807) is 16.8 Å². The van der Waals surface area contributed by atoms with E-state index in [-0.39, 0.29) is 35.9 Å². The standard InChI is InChI=1S/C31H35N5O4/c1-20-13-15-24(17-21(20)2)36(29(38)19-35-26-12-8-7-11-25(26)33-34-35)30(22-14-16-28(40-3)27(37)18-22)31(39)32-23-9-5-4-6-10-23/h7-8,11-18,23,30,37H,4-6,9-10,19H2,1-3H3,(H,32,39)/t30-/m1/s1. The molecule has 0 aliphatic heterocycles. The van der Waals surface area contributed by atoms with Gasteiger partial charge < -0.3 is 15.2 Å². The Bertz CT molecular complexity index is 1530. The van der Waals surface area contributed by atoms with Gasteiger partial charge in [0.15, 0.2) is 11.5 Å². The number of carbonyl (C=O) groups is 2. The molecule has 4 aromatic rings. The highest BCUT2D eigenvalue weighted by molar-refractivity contribution is 6.01. The first kappa shape index (κ1) is 27.2. The number of nitrogens with zero attached hydrogens (tertiary/aromatic N) is 4. The summed E-state index contributed by atoms with van der Waals surface area (Å²) in [4.78, 5) is 29.9. The lowest BCUT2D eigenvalue weighted by atomic mass is 9.94. The zero-order valence-electron chi connectivity index (χ0n) is 23.1. The van der Waals surface area contributed by atoms with Crippen LogP contribution in [0, 0.1) is 13.8 Å². The lowest BCUT2D eigenvalue weighted by Gasteiger charge is -2.34. The number of aromatic nitrogens is 3. The summed E-state index contributed by atoms with van der Waals surface area (Å²) in [7, 11) is 1.47. The smallest absolute Gasteiger partial charge is 0.249 e. The summed E-state index contributed by atoms with van der Waals surface area (Å²) in [5.41, 5.74) is 4.52. The van der Waals surface area contributed by atoms with Gasteiger partial charge in [-0.3, -0.25) is 14.5 Å². The number of hydrogen-bond donors (Lipinski definition) is 2. The fourth-order valence-corrected chi connectivity index (χ4v) is 5.37. The average molecular weight is 542 g/mol. The molecule has 1 saturated carbocycles. The maximum absolute atomic E-state index is 14.2. The Hall–Kier alpha value is -4.40. The van der Waals surface area contributed by atoms with Crippen molar-refractivity contribution in [3.8, 4) is 11.5 Å². The molecule has 2 N–H and O–H groups in total. The maximum Gasteiger partial charge on any atom is 0.249 e. The van der Waals surface area contributed by atoms with Crippen molar-refractivity contribution in [2.45, 2.75) is 64.6 Å². The molecule has 1 aliphatic rings. The monoisotopic (exact) mass is 541 g/mol. The quantitative estimate of drug-likeness (QED) is 0.325. The molecule has 0 radical (unpaired) electrons. The van der Waals surface area contributed by atoms with Gasteiger partial charge in [-0.1, -0.05) is 48.7 Å². The molecule has 9 nitrogen and oxygen atoms in total. The second-order valence-corrected chi connectivity index (χ2v) is 10.4. The largest absolute Gasteiger partial charge is 0.504 e. The molecular formula is C31H35N5O4. The molecule has 0 unspecified atom stereocenters. The van der Waals surface area contributed by atoms with Crippen LogP contribution in [0.15, 0.2) is 60.7 Å². The lowest BCUT2D eigenvalue weighted by molar-refractivity contribution is -0.127. The number of benzene rings is 3. The summed E-state index contributed by atoms with van der Waals surface area (Å²) in [6.07, 6.45) is 5.06. The third-order valence-electron chi connectivity index (χ3n) is 7.72. The van der Waals surface area contributed by atoms with Gasteiger partial charge in [-0.15, -0.1) is 5.10 Å². The second kappa shape index (κ2) is 11.8. The molecule has 2 amide bonds. The summed E-state index contributed by atoms with van der Waals surface area (Å²) in [5.74, 6) is -0.456. The van der Waals surface area contributed by atoms with Crippen LogP contribution in [0.25, 0.3) is 11.0 Å². The molecule has 1 atom stereocenters. The van der Waals surface area contributed by atoms with E-state index in [1.807, 2.05) is 56.3 Å².